The standard InChI is InChI=1S/C16H21N5O2S4/c1-26-9-8-12(14(22)23)18-15(24)20-19-13(10-17-21-16(25)27-2)11-6-4-3-5-7-11/h3-7,10,12H,8-9H2,1-2H3,(H,21,25)(H,22,23)(H2,18,20,24)/b17-10+,19-13-. The van der Waals surface area contributed by atoms with Crippen molar-refractivity contribution in [1.82, 2.24) is 16.2 Å². The predicted molar refractivity (Wildman–Crippen MR) is 124 cm³/mol. The second kappa shape index (κ2) is 13.5. The van der Waals surface area contributed by atoms with Crippen LogP contribution in [0.1, 0.15) is 12.0 Å². The van der Waals surface area contributed by atoms with Crippen LogP contribution >= 0.6 is 48.0 Å². The topological polar surface area (TPSA) is 98.1 Å². The number of hydrogen-bond acceptors (Lipinski definition) is 7. The number of hydrogen-bond donors (Lipinski definition) is 4. The van der Waals surface area contributed by atoms with Crippen LogP contribution in [-0.4, -0.2) is 56.7 Å². The van der Waals surface area contributed by atoms with Crippen molar-refractivity contribution in [3.05, 3.63) is 35.9 Å². The second-order valence-electron chi connectivity index (χ2n) is 4.98. The normalized spacial score (nSPS) is 12.4. The zero-order valence-corrected chi connectivity index (χ0v) is 18.1. The number of carboxylic acid groups (broad SMARTS) is 1. The average molecular weight is 444 g/mol. The van der Waals surface area contributed by atoms with Gasteiger partial charge in [0.05, 0.1) is 6.21 Å². The van der Waals surface area contributed by atoms with Gasteiger partial charge in [0, 0.05) is 5.56 Å². The van der Waals surface area contributed by atoms with Crippen LogP contribution in [0.4, 0.5) is 0 Å². The number of thioether (sulfide) groups is 2. The number of carboxylic acids is 1. The summed E-state index contributed by atoms with van der Waals surface area (Å²) >= 11 is 13.1. The summed E-state index contributed by atoms with van der Waals surface area (Å²) in [5.41, 5.74) is 6.71. The van der Waals surface area contributed by atoms with E-state index in [0.717, 1.165) is 5.56 Å². The number of nitrogens with one attached hydrogen (secondary N) is 3. The van der Waals surface area contributed by atoms with Gasteiger partial charge in [-0.05, 0) is 36.9 Å². The fourth-order valence-corrected chi connectivity index (χ4v) is 2.62. The summed E-state index contributed by atoms with van der Waals surface area (Å²) < 4.78 is 0.530. The minimum Gasteiger partial charge on any atom is -0.480 e. The molecule has 27 heavy (non-hydrogen) atoms. The molecule has 7 nitrogen and oxygen atoms in total. The third-order valence-electron chi connectivity index (χ3n) is 3.09. The van der Waals surface area contributed by atoms with Gasteiger partial charge in [-0.2, -0.15) is 22.0 Å². The van der Waals surface area contributed by atoms with Crippen LogP contribution in [0.2, 0.25) is 0 Å². The third-order valence-corrected chi connectivity index (χ3v) is 5.00. The molecule has 1 aromatic rings. The first-order valence-electron chi connectivity index (χ1n) is 7.76. The zero-order valence-electron chi connectivity index (χ0n) is 14.8. The fraction of sp³-hybridized carbons (Fsp3) is 0.312. The molecule has 11 heteroatoms. The summed E-state index contributed by atoms with van der Waals surface area (Å²) in [4.78, 5) is 11.3. The van der Waals surface area contributed by atoms with Crippen molar-refractivity contribution in [2.45, 2.75) is 12.5 Å². The monoisotopic (exact) mass is 443 g/mol. The molecule has 0 aliphatic rings. The Labute approximate surface area is 177 Å². The van der Waals surface area contributed by atoms with Gasteiger partial charge in [0.2, 0.25) is 0 Å². The molecule has 146 valence electrons. The summed E-state index contributed by atoms with van der Waals surface area (Å²) in [6, 6.07) is 8.60. The third kappa shape index (κ3) is 9.70. The first kappa shape index (κ1) is 23.3. The Balaban J connectivity index is 2.82. The number of carbonyl (C=O) groups is 1. The minimum absolute atomic E-state index is 0.123. The molecule has 1 atom stereocenters. The number of thiocarbonyl (C=S) groups is 2. The van der Waals surface area contributed by atoms with E-state index in [9.17, 15) is 9.90 Å². The van der Waals surface area contributed by atoms with Crippen molar-refractivity contribution < 1.29 is 9.90 Å². The maximum atomic E-state index is 11.3. The maximum Gasteiger partial charge on any atom is 0.326 e. The van der Waals surface area contributed by atoms with E-state index in [0.29, 0.717) is 22.2 Å². The Morgan fingerprint density at radius 3 is 2.56 bits per heavy atom. The molecular formula is C16H21N5O2S4. The molecule has 0 aliphatic heterocycles. The van der Waals surface area contributed by atoms with Gasteiger partial charge in [-0.15, -0.1) is 0 Å². The number of hydrazone groups is 2. The summed E-state index contributed by atoms with van der Waals surface area (Å²) in [6.45, 7) is 0. The van der Waals surface area contributed by atoms with Gasteiger partial charge >= 0.3 is 5.97 Å². The van der Waals surface area contributed by atoms with Gasteiger partial charge in [-0.25, -0.2) is 4.79 Å². The van der Waals surface area contributed by atoms with E-state index in [2.05, 4.69) is 26.4 Å². The molecule has 4 N–H and O–H groups in total. The van der Waals surface area contributed by atoms with E-state index >= 15 is 0 Å². The molecule has 0 bridgehead atoms. The van der Waals surface area contributed by atoms with Gasteiger partial charge < -0.3 is 10.4 Å². The molecule has 0 spiro atoms. The van der Waals surface area contributed by atoms with Crippen molar-refractivity contribution in [2.75, 3.05) is 18.3 Å². The van der Waals surface area contributed by atoms with E-state index in [1.807, 2.05) is 42.8 Å². The van der Waals surface area contributed by atoms with Crippen LogP contribution < -0.4 is 16.2 Å². The SMILES string of the molecule is CSCCC(NC(=S)N/N=C(/C=N/NC(=S)SC)c1ccccc1)C(=O)O. The summed E-state index contributed by atoms with van der Waals surface area (Å²) in [7, 11) is 0. The Morgan fingerprint density at radius 1 is 1.26 bits per heavy atom. The quantitative estimate of drug-likeness (QED) is 0.260. The summed E-state index contributed by atoms with van der Waals surface area (Å²) in [5.74, 6) is -0.254. The van der Waals surface area contributed by atoms with Crippen LogP contribution in [0, 0.1) is 0 Å². The molecule has 0 heterocycles. The minimum atomic E-state index is -0.961. The molecule has 1 unspecified atom stereocenters. The lowest BCUT2D eigenvalue weighted by atomic mass is 10.1. The first-order valence-corrected chi connectivity index (χ1v) is 11.2. The van der Waals surface area contributed by atoms with Crippen molar-refractivity contribution in [3.8, 4) is 0 Å². The Kier molecular flexibility index (Phi) is 11.7. The van der Waals surface area contributed by atoms with E-state index < -0.39 is 12.0 Å². The maximum absolute atomic E-state index is 11.3. The van der Waals surface area contributed by atoms with Crippen molar-refractivity contribution in [1.29, 1.82) is 0 Å². The van der Waals surface area contributed by atoms with E-state index in [1.54, 1.807) is 11.8 Å². The predicted octanol–water partition coefficient (Wildman–Crippen LogP) is 2.28. The van der Waals surface area contributed by atoms with Gasteiger partial charge in [0.25, 0.3) is 0 Å². The largest absolute Gasteiger partial charge is 0.480 e. The molecule has 0 radical (unpaired) electrons. The number of aliphatic carboxylic acids is 1. The average Bonchev–Trinajstić information content (AvgIpc) is 2.67. The lowest BCUT2D eigenvalue weighted by Crippen LogP contribution is -2.45. The molecule has 0 fully saturated rings. The number of benzene rings is 1. The van der Waals surface area contributed by atoms with Gasteiger partial charge in [0.15, 0.2) is 9.43 Å². The summed E-state index contributed by atoms with van der Waals surface area (Å²) in [6.07, 6.45) is 5.72. The molecule has 1 rings (SSSR count). The molecule has 0 aliphatic carbocycles. The molecule has 0 saturated carbocycles. The van der Waals surface area contributed by atoms with Crippen molar-refractivity contribution >= 4 is 75.3 Å². The smallest absolute Gasteiger partial charge is 0.326 e. The number of rotatable bonds is 9. The molecule has 0 amide bonds. The molecule has 1 aromatic carbocycles. The van der Waals surface area contributed by atoms with Gasteiger partial charge in [-0.1, -0.05) is 54.3 Å². The first-order chi connectivity index (χ1) is 13.0. The van der Waals surface area contributed by atoms with E-state index in [1.165, 1.54) is 18.0 Å². The highest BCUT2D eigenvalue weighted by molar-refractivity contribution is 8.22. The van der Waals surface area contributed by atoms with Gasteiger partial charge in [-0.3, -0.25) is 10.9 Å². The molecule has 0 saturated heterocycles. The van der Waals surface area contributed by atoms with Crippen LogP contribution in [0.3, 0.4) is 0 Å². The van der Waals surface area contributed by atoms with E-state index in [4.69, 9.17) is 24.4 Å². The Hall–Kier alpha value is -1.69. The van der Waals surface area contributed by atoms with Crippen LogP contribution in [0.15, 0.2) is 40.5 Å². The lowest BCUT2D eigenvalue weighted by Gasteiger charge is -2.15. The van der Waals surface area contributed by atoms with Crippen LogP contribution in [0.25, 0.3) is 0 Å². The van der Waals surface area contributed by atoms with E-state index in [-0.39, 0.29) is 5.11 Å². The van der Waals surface area contributed by atoms with Crippen LogP contribution in [-0.2, 0) is 4.79 Å². The Morgan fingerprint density at radius 2 is 1.96 bits per heavy atom. The van der Waals surface area contributed by atoms with Gasteiger partial charge in [0.1, 0.15) is 11.8 Å². The summed E-state index contributed by atoms with van der Waals surface area (Å²) in [5, 5.41) is 20.4. The molecule has 0 aromatic heterocycles. The number of nitrogens with zero attached hydrogens (tertiary/aromatic N) is 2. The van der Waals surface area contributed by atoms with Crippen molar-refractivity contribution in [3.63, 3.8) is 0 Å². The highest BCUT2D eigenvalue weighted by Gasteiger charge is 2.17. The van der Waals surface area contributed by atoms with Crippen LogP contribution in [0.5, 0.6) is 0 Å². The lowest BCUT2D eigenvalue weighted by molar-refractivity contribution is -0.139. The highest BCUT2D eigenvalue weighted by Crippen LogP contribution is 2.02. The Bertz CT molecular complexity index is 697. The zero-order chi connectivity index (χ0) is 20.1. The van der Waals surface area contributed by atoms with Crippen molar-refractivity contribution in [2.24, 2.45) is 10.2 Å². The second-order valence-corrected chi connectivity index (χ2v) is 7.86. The highest BCUT2D eigenvalue weighted by atomic mass is 32.2. The fourth-order valence-electron chi connectivity index (χ4n) is 1.76. The molecular weight excluding hydrogens is 422 g/mol.